The topological polar surface area (TPSA) is 44.7 Å². The monoisotopic (exact) mass is 506 g/mol. The third-order valence-electron chi connectivity index (χ3n) is 4.04. The van der Waals surface area contributed by atoms with Crippen LogP contribution in [0, 0.1) is 5.92 Å². The minimum atomic E-state index is 0. The van der Waals surface area contributed by atoms with E-state index in [1.54, 1.807) is 7.11 Å². The molecule has 1 aromatic carbocycles. The smallest absolute Gasteiger partial charge is 0.173 e. The van der Waals surface area contributed by atoms with Gasteiger partial charge >= 0.3 is 0 Å². The molecule has 0 unspecified atom stereocenters. The fraction of sp³-hybridized carbons (Fsp3) is 0.625. The molecule has 140 valence electrons. The third kappa shape index (κ3) is 5.64. The molecule has 1 aromatic rings. The van der Waals surface area contributed by atoms with E-state index in [4.69, 9.17) is 4.74 Å². The minimum absolute atomic E-state index is 0. The number of benzene rings is 1. The molecule has 0 bridgehead atoms. The van der Waals surface area contributed by atoms with Crippen LogP contribution in [-0.4, -0.2) is 43.3 Å². The Kier molecular flexibility index (Phi) is 11.2. The standard InChI is InChI=1S/C16H24Br2N2O2.2ClH/c1-10(2)8-12(20-6-4-19-5-7-20)11-9-13(22-3)16(21)15(18)14(11)17;;/h9-10,12,19,21H,4-8H2,1-3H3;2*1H/t12-;;/m1../s1. The lowest BCUT2D eigenvalue weighted by Crippen LogP contribution is -2.45. The lowest BCUT2D eigenvalue weighted by Gasteiger charge is -2.37. The molecule has 1 aliphatic heterocycles. The van der Waals surface area contributed by atoms with Gasteiger partial charge in [0.2, 0.25) is 0 Å². The van der Waals surface area contributed by atoms with E-state index in [1.165, 1.54) is 0 Å². The van der Waals surface area contributed by atoms with Crippen molar-refractivity contribution in [2.75, 3.05) is 33.3 Å². The number of aromatic hydroxyl groups is 1. The number of ether oxygens (including phenoxy) is 1. The van der Waals surface area contributed by atoms with Gasteiger partial charge in [0, 0.05) is 36.7 Å². The summed E-state index contributed by atoms with van der Waals surface area (Å²) in [6.07, 6.45) is 1.07. The molecule has 0 radical (unpaired) electrons. The van der Waals surface area contributed by atoms with E-state index in [1.807, 2.05) is 6.07 Å². The number of rotatable bonds is 5. The maximum absolute atomic E-state index is 10.2. The quantitative estimate of drug-likeness (QED) is 0.602. The van der Waals surface area contributed by atoms with Crippen molar-refractivity contribution in [2.45, 2.75) is 26.3 Å². The molecule has 1 atom stereocenters. The van der Waals surface area contributed by atoms with Gasteiger partial charge in [0.25, 0.3) is 0 Å². The van der Waals surface area contributed by atoms with Crippen LogP contribution in [0.5, 0.6) is 11.5 Å². The molecule has 1 saturated heterocycles. The fourth-order valence-corrected chi connectivity index (χ4v) is 3.91. The van der Waals surface area contributed by atoms with Crippen molar-refractivity contribution in [1.29, 1.82) is 0 Å². The highest BCUT2D eigenvalue weighted by Gasteiger charge is 2.27. The largest absolute Gasteiger partial charge is 0.503 e. The Morgan fingerprint density at radius 2 is 1.79 bits per heavy atom. The Morgan fingerprint density at radius 3 is 2.29 bits per heavy atom. The van der Waals surface area contributed by atoms with E-state index in [2.05, 4.69) is 55.9 Å². The van der Waals surface area contributed by atoms with Crippen LogP contribution in [0.3, 0.4) is 0 Å². The maximum atomic E-state index is 10.2. The third-order valence-corrected chi connectivity index (χ3v) is 6.20. The molecule has 1 fully saturated rings. The van der Waals surface area contributed by atoms with Crippen LogP contribution in [0.2, 0.25) is 0 Å². The average molecular weight is 509 g/mol. The van der Waals surface area contributed by atoms with Gasteiger partial charge in [-0.05, 0) is 55.8 Å². The SMILES string of the molecule is COc1cc([C@@H](CC(C)C)N2CCNCC2)c(Br)c(Br)c1O.Cl.Cl. The van der Waals surface area contributed by atoms with Crippen LogP contribution in [0.25, 0.3) is 0 Å². The van der Waals surface area contributed by atoms with Crippen molar-refractivity contribution in [3.8, 4) is 11.5 Å². The molecule has 0 amide bonds. The molecule has 0 aliphatic carbocycles. The number of methoxy groups -OCH3 is 1. The Bertz CT molecular complexity index is 527. The molecule has 2 rings (SSSR count). The van der Waals surface area contributed by atoms with Gasteiger partial charge in [-0.25, -0.2) is 0 Å². The van der Waals surface area contributed by atoms with Crippen molar-refractivity contribution in [2.24, 2.45) is 5.92 Å². The summed E-state index contributed by atoms with van der Waals surface area (Å²) in [4.78, 5) is 2.51. The molecule has 4 nitrogen and oxygen atoms in total. The fourth-order valence-electron chi connectivity index (χ4n) is 2.92. The number of phenolic OH excluding ortho intramolecular Hbond substituents is 1. The summed E-state index contributed by atoms with van der Waals surface area (Å²) < 4.78 is 6.90. The van der Waals surface area contributed by atoms with Crippen LogP contribution in [0.1, 0.15) is 31.9 Å². The molecule has 0 aromatic heterocycles. The molecule has 2 N–H and O–H groups in total. The summed E-state index contributed by atoms with van der Waals surface area (Å²) >= 11 is 7.12. The molecule has 0 saturated carbocycles. The van der Waals surface area contributed by atoms with Gasteiger partial charge in [-0.15, -0.1) is 24.8 Å². The first-order valence-corrected chi connectivity index (χ1v) is 9.23. The zero-order valence-corrected chi connectivity index (χ0v) is 18.9. The van der Waals surface area contributed by atoms with Crippen molar-refractivity contribution >= 4 is 56.7 Å². The van der Waals surface area contributed by atoms with E-state index in [9.17, 15) is 5.11 Å². The van der Waals surface area contributed by atoms with E-state index in [0.717, 1.165) is 42.6 Å². The summed E-state index contributed by atoms with van der Waals surface area (Å²) in [5, 5.41) is 13.6. The average Bonchev–Trinajstić information content (AvgIpc) is 2.52. The summed E-state index contributed by atoms with van der Waals surface area (Å²) in [5.74, 6) is 1.24. The van der Waals surface area contributed by atoms with Crippen molar-refractivity contribution in [1.82, 2.24) is 10.2 Å². The summed E-state index contributed by atoms with van der Waals surface area (Å²) in [5.41, 5.74) is 1.16. The van der Waals surface area contributed by atoms with Gasteiger partial charge in [0.1, 0.15) is 0 Å². The van der Waals surface area contributed by atoms with Crippen LogP contribution >= 0.6 is 56.7 Å². The van der Waals surface area contributed by atoms with E-state index in [-0.39, 0.29) is 30.6 Å². The Morgan fingerprint density at radius 1 is 1.21 bits per heavy atom. The molecule has 1 heterocycles. The summed E-state index contributed by atoms with van der Waals surface area (Å²) in [6.45, 7) is 8.59. The molecular formula is C16H26Br2Cl2N2O2. The van der Waals surface area contributed by atoms with Crippen LogP contribution in [-0.2, 0) is 0 Å². The zero-order chi connectivity index (χ0) is 16.3. The highest BCUT2D eigenvalue weighted by molar-refractivity contribution is 9.13. The number of phenols is 1. The minimum Gasteiger partial charge on any atom is -0.503 e. The van der Waals surface area contributed by atoms with Gasteiger partial charge in [-0.3, -0.25) is 4.90 Å². The second kappa shape index (κ2) is 11.1. The lowest BCUT2D eigenvalue weighted by molar-refractivity contribution is 0.153. The zero-order valence-electron chi connectivity index (χ0n) is 14.1. The summed E-state index contributed by atoms with van der Waals surface area (Å²) in [7, 11) is 1.58. The highest BCUT2D eigenvalue weighted by atomic mass is 79.9. The van der Waals surface area contributed by atoms with Crippen molar-refractivity contribution in [3.05, 3.63) is 20.6 Å². The molecule has 1 aliphatic rings. The van der Waals surface area contributed by atoms with E-state index in [0.29, 0.717) is 22.2 Å². The molecule has 8 heteroatoms. The number of hydrogen-bond donors (Lipinski definition) is 2. The van der Waals surface area contributed by atoms with Crippen LogP contribution in [0.15, 0.2) is 15.0 Å². The van der Waals surface area contributed by atoms with Gasteiger partial charge in [0.15, 0.2) is 11.5 Å². The number of nitrogens with one attached hydrogen (secondary N) is 1. The van der Waals surface area contributed by atoms with E-state index >= 15 is 0 Å². The van der Waals surface area contributed by atoms with E-state index < -0.39 is 0 Å². The van der Waals surface area contributed by atoms with Gasteiger partial charge in [-0.1, -0.05) is 13.8 Å². The number of hydrogen-bond acceptors (Lipinski definition) is 4. The predicted molar refractivity (Wildman–Crippen MR) is 111 cm³/mol. The first-order valence-electron chi connectivity index (χ1n) is 7.65. The lowest BCUT2D eigenvalue weighted by atomic mass is 9.94. The van der Waals surface area contributed by atoms with Crippen molar-refractivity contribution < 1.29 is 9.84 Å². The second-order valence-corrected chi connectivity index (χ2v) is 7.66. The van der Waals surface area contributed by atoms with Crippen LogP contribution in [0.4, 0.5) is 0 Å². The Labute approximate surface area is 173 Å². The van der Waals surface area contributed by atoms with Crippen molar-refractivity contribution in [3.63, 3.8) is 0 Å². The maximum Gasteiger partial charge on any atom is 0.173 e. The van der Waals surface area contributed by atoms with Gasteiger partial charge < -0.3 is 15.2 Å². The number of nitrogens with zero attached hydrogens (tertiary/aromatic N) is 1. The van der Waals surface area contributed by atoms with Crippen LogP contribution < -0.4 is 10.1 Å². The normalized spacial score (nSPS) is 16.2. The van der Waals surface area contributed by atoms with Gasteiger partial charge in [-0.2, -0.15) is 0 Å². The summed E-state index contributed by atoms with van der Waals surface area (Å²) in [6, 6.07) is 2.27. The second-order valence-electron chi connectivity index (χ2n) is 6.08. The highest BCUT2D eigenvalue weighted by Crippen LogP contribution is 2.45. The Balaban J connectivity index is 0.00000264. The molecule has 0 spiro atoms. The predicted octanol–water partition coefficient (Wildman–Crippen LogP) is 4.76. The molecule has 24 heavy (non-hydrogen) atoms. The number of halogens is 4. The first kappa shape index (κ1) is 24.3. The first-order chi connectivity index (χ1) is 10.5. The Hall–Kier alpha value is 0.280. The number of piperazine rings is 1. The van der Waals surface area contributed by atoms with Gasteiger partial charge in [0.05, 0.1) is 11.6 Å². The molecular weight excluding hydrogens is 483 g/mol.